The van der Waals surface area contributed by atoms with E-state index in [1.807, 2.05) is 26.0 Å². The maximum atomic E-state index is 13.6. The molecule has 1 N–H and O–H groups in total. The van der Waals surface area contributed by atoms with Gasteiger partial charge in [-0.1, -0.05) is 44.2 Å². The lowest BCUT2D eigenvalue weighted by molar-refractivity contribution is -0.165. The van der Waals surface area contributed by atoms with Crippen molar-refractivity contribution in [2.45, 2.75) is 84.5 Å². The van der Waals surface area contributed by atoms with E-state index in [4.69, 9.17) is 14.2 Å². The van der Waals surface area contributed by atoms with Crippen LogP contribution in [-0.2, 0) is 30.2 Å². The third kappa shape index (κ3) is 6.99. The van der Waals surface area contributed by atoms with E-state index >= 15 is 0 Å². The molecule has 3 aliphatic rings. The molecule has 1 saturated heterocycles. The van der Waals surface area contributed by atoms with Crippen molar-refractivity contribution >= 4 is 17.9 Å². The van der Waals surface area contributed by atoms with Gasteiger partial charge in [0.1, 0.15) is 12.2 Å². The second kappa shape index (κ2) is 12.1. The van der Waals surface area contributed by atoms with Crippen LogP contribution in [0.1, 0.15) is 75.7 Å². The summed E-state index contributed by atoms with van der Waals surface area (Å²) in [5, 5.41) is 10.0. The molecule has 0 amide bonds. The summed E-state index contributed by atoms with van der Waals surface area (Å²) >= 11 is 0. The summed E-state index contributed by atoms with van der Waals surface area (Å²) in [6, 6.07) is 7.13. The molecule has 0 radical (unpaired) electrons. The Hall–Kier alpha value is -2.93. The molecule has 0 spiro atoms. The van der Waals surface area contributed by atoms with E-state index in [2.05, 4.69) is 32.1 Å². The van der Waals surface area contributed by atoms with Crippen LogP contribution >= 0.6 is 0 Å². The van der Waals surface area contributed by atoms with E-state index in [1.54, 1.807) is 12.1 Å². The zero-order valence-electron chi connectivity index (χ0n) is 23.7. The molecule has 0 saturated carbocycles. The average Bonchev–Trinajstić information content (AvgIpc) is 2.87. The predicted octanol–water partition coefficient (Wildman–Crippen LogP) is 5.20. The second-order valence-electron chi connectivity index (χ2n) is 12.3. The minimum atomic E-state index is -0.755. The van der Waals surface area contributed by atoms with E-state index < -0.39 is 17.5 Å². The second-order valence-corrected chi connectivity index (χ2v) is 12.3. The number of aliphatic hydroxyl groups excluding tert-OH is 1. The van der Waals surface area contributed by atoms with Gasteiger partial charge in [-0.05, 0) is 80.6 Å². The number of carbonyl (C=O) groups excluding carboxylic acids is 3. The van der Waals surface area contributed by atoms with E-state index in [0.717, 1.165) is 18.4 Å². The number of allylic oxidation sites excluding steroid dienone is 3. The number of aliphatic hydroxyl groups is 1. The van der Waals surface area contributed by atoms with Crippen molar-refractivity contribution in [3.63, 3.8) is 0 Å². The zero-order valence-corrected chi connectivity index (χ0v) is 23.7. The van der Waals surface area contributed by atoms with Crippen LogP contribution in [0, 0.1) is 29.1 Å². The Labute approximate surface area is 231 Å². The van der Waals surface area contributed by atoms with E-state index in [1.165, 1.54) is 12.7 Å². The van der Waals surface area contributed by atoms with Gasteiger partial charge in [-0.3, -0.25) is 9.59 Å². The van der Waals surface area contributed by atoms with Crippen LogP contribution in [0.25, 0.3) is 0 Å². The van der Waals surface area contributed by atoms with Crippen LogP contribution in [0.2, 0.25) is 0 Å². The summed E-state index contributed by atoms with van der Waals surface area (Å²) in [6.45, 7) is 8.15. The summed E-state index contributed by atoms with van der Waals surface area (Å²) in [7, 11) is 1.35. The normalized spacial score (nSPS) is 30.6. The standard InChI is InChI=1S/C32H42O7/c1-19-14-23-9-6-20(2)26(13-12-25-16-24(33)17-28(34)38-25)29(23)27(15-19)39-31(36)32(3,4)18-21-7-10-22(11-8-21)30(35)37-5/h6-11,14,19-20,24-27,29,33H,12-13,15-18H2,1-5H3/t19-,20-,24+,25+,26-,27-,29-/m0/s1. The molecule has 7 nitrogen and oxygen atoms in total. The summed E-state index contributed by atoms with van der Waals surface area (Å²) in [5.74, 6) is -0.0791. The summed E-state index contributed by atoms with van der Waals surface area (Å²) in [4.78, 5) is 37.2. The fourth-order valence-electron chi connectivity index (χ4n) is 6.39. The van der Waals surface area contributed by atoms with Gasteiger partial charge in [0.05, 0.1) is 30.6 Å². The van der Waals surface area contributed by atoms with Gasteiger partial charge < -0.3 is 19.3 Å². The van der Waals surface area contributed by atoms with Crippen LogP contribution in [0.4, 0.5) is 0 Å². The molecule has 7 heteroatoms. The number of ether oxygens (including phenoxy) is 3. The van der Waals surface area contributed by atoms with Gasteiger partial charge in [-0.25, -0.2) is 4.79 Å². The smallest absolute Gasteiger partial charge is 0.337 e. The quantitative estimate of drug-likeness (QED) is 0.359. The third-order valence-corrected chi connectivity index (χ3v) is 8.48. The maximum absolute atomic E-state index is 13.6. The van der Waals surface area contributed by atoms with Gasteiger partial charge in [0.15, 0.2) is 0 Å². The Balaban J connectivity index is 1.46. The SMILES string of the molecule is COC(=O)c1ccc(CC(C)(C)C(=O)O[C@H]2C[C@@H](C)C=C3C=C[C@H](C)[C@H](CC[C@@H]4C[C@@H](O)CC(=O)O4)[C@H]32)cc1. The fourth-order valence-corrected chi connectivity index (χ4v) is 6.39. The van der Waals surface area contributed by atoms with Gasteiger partial charge >= 0.3 is 17.9 Å². The van der Waals surface area contributed by atoms with Crippen molar-refractivity contribution in [2.24, 2.45) is 29.1 Å². The lowest BCUT2D eigenvalue weighted by atomic mass is 9.65. The molecule has 1 aromatic rings. The molecule has 2 aliphatic carbocycles. The first-order chi connectivity index (χ1) is 18.5. The monoisotopic (exact) mass is 538 g/mol. The van der Waals surface area contributed by atoms with Crippen LogP contribution in [-0.4, -0.2) is 48.4 Å². The Bertz CT molecular complexity index is 1120. The molecule has 0 unspecified atom stereocenters. The molecule has 4 rings (SSSR count). The summed E-state index contributed by atoms with van der Waals surface area (Å²) < 4.78 is 16.6. The largest absolute Gasteiger partial charge is 0.465 e. The molecular weight excluding hydrogens is 496 g/mol. The lowest BCUT2D eigenvalue weighted by Gasteiger charge is -2.44. The van der Waals surface area contributed by atoms with Crippen molar-refractivity contribution in [1.82, 2.24) is 0 Å². The van der Waals surface area contributed by atoms with Gasteiger partial charge in [0.2, 0.25) is 0 Å². The molecule has 212 valence electrons. The van der Waals surface area contributed by atoms with Crippen LogP contribution in [0.15, 0.2) is 48.1 Å². The van der Waals surface area contributed by atoms with Crippen LogP contribution < -0.4 is 0 Å². The number of rotatable bonds is 8. The molecule has 39 heavy (non-hydrogen) atoms. The third-order valence-electron chi connectivity index (χ3n) is 8.48. The van der Waals surface area contributed by atoms with Crippen molar-refractivity contribution in [3.8, 4) is 0 Å². The summed E-state index contributed by atoms with van der Waals surface area (Å²) in [6.07, 6.45) is 8.82. The highest BCUT2D eigenvalue weighted by atomic mass is 16.6. The highest BCUT2D eigenvalue weighted by molar-refractivity contribution is 5.89. The first-order valence-electron chi connectivity index (χ1n) is 14.1. The number of hydrogen-bond donors (Lipinski definition) is 1. The topological polar surface area (TPSA) is 99.1 Å². The highest BCUT2D eigenvalue weighted by Crippen LogP contribution is 2.45. The zero-order chi connectivity index (χ0) is 28.3. The Kier molecular flexibility index (Phi) is 9.00. The summed E-state index contributed by atoms with van der Waals surface area (Å²) in [5.41, 5.74) is 1.88. The number of methoxy groups -OCH3 is 1. The van der Waals surface area contributed by atoms with Gasteiger partial charge in [-0.15, -0.1) is 0 Å². The molecule has 1 aromatic carbocycles. The van der Waals surface area contributed by atoms with Crippen molar-refractivity contribution in [3.05, 3.63) is 59.2 Å². The van der Waals surface area contributed by atoms with Gasteiger partial charge in [0, 0.05) is 12.3 Å². The Morgan fingerprint density at radius 1 is 1.10 bits per heavy atom. The maximum Gasteiger partial charge on any atom is 0.337 e. The molecule has 0 bridgehead atoms. The lowest BCUT2D eigenvalue weighted by Crippen LogP contribution is -2.43. The van der Waals surface area contributed by atoms with Crippen LogP contribution in [0.5, 0.6) is 0 Å². The highest BCUT2D eigenvalue weighted by Gasteiger charge is 2.43. The number of cyclic esters (lactones) is 1. The van der Waals surface area contributed by atoms with E-state index in [9.17, 15) is 19.5 Å². The van der Waals surface area contributed by atoms with Crippen LogP contribution in [0.3, 0.4) is 0 Å². The molecule has 0 aromatic heterocycles. The number of hydrogen-bond acceptors (Lipinski definition) is 7. The molecular formula is C32H42O7. The van der Waals surface area contributed by atoms with Crippen molar-refractivity contribution < 1.29 is 33.7 Å². The number of carbonyl (C=O) groups is 3. The van der Waals surface area contributed by atoms with Gasteiger partial charge in [0.25, 0.3) is 0 Å². The van der Waals surface area contributed by atoms with Crippen molar-refractivity contribution in [2.75, 3.05) is 7.11 Å². The number of esters is 3. The predicted molar refractivity (Wildman–Crippen MR) is 147 cm³/mol. The number of fused-ring (bicyclic) bond motifs is 1. The molecule has 1 heterocycles. The Morgan fingerprint density at radius 2 is 1.82 bits per heavy atom. The first-order valence-corrected chi connectivity index (χ1v) is 14.1. The van der Waals surface area contributed by atoms with Gasteiger partial charge in [-0.2, -0.15) is 0 Å². The minimum Gasteiger partial charge on any atom is -0.465 e. The van der Waals surface area contributed by atoms with Crippen molar-refractivity contribution in [1.29, 1.82) is 0 Å². The Morgan fingerprint density at radius 3 is 2.49 bits per heavy atom. The van der Waals surface area contributed by atoms with E-state index in [0.29, 0.717) is 24.8 Å². The molecule has 1 aliphatic heterocycles. The minimum absolute atomic E-state index is 0.0652. The molecule has 7 atom stereocenters. The fraction of sp³-hybridized carbons (Fsp3) is 0.594. The average molecular weight is 539 g/mol. The number of benzene rings is 1. The molecule has 1 fully saturated rings. The first kappa shape index (κ1) is 29.1. The van der Waals surface area contributed by atoms with E-state index in [-0.39, 0.29) is 54.2 Å².